The van der Waals surface area contributed by atoms with Gasteiger partial charge < -0.3 is 24.8 Å². The van der Waals surface area contributed by atoms with Crippen LogP contribution >= 0.6 is 0 Å². The molecule has 1 fully saturated rings. The molecule has 8 heteroatoms. The number of hydrogen-bond acceptors (Lipinski definition) is 8. The van der Waals surface area contributed by atoms with Crippen LogP contribution in [-0.2, 0) is 23.9 Å². The molecule has 5 atom stereocenters. The summed E-state index contributed by atoms with van der Waals surface area (Å²) in [6, 6.07) is 0. The maximum absolute atomic E-state index is 11.8. The van der Waals surface area contributed by atoms with Gasteiger partial charge in [0.05, 0.1) is 0 Å². The Morgan fingerprint density at radius 3 is 1.85 bits per heavy atom. The van der Waals surface area contributed by atoms with Crippen LogP contribution in [0.15, 0.2) is 0 Å². The molecule has 0 saturated carbocycles. The summed E-state index contributed by atoms with van der Waals surface area (Å²) in [6.07, 6.45) is -5.39. The first-order chi connectivity index (χ1) is 9.04. The lowest BCUT2D eigenvalue weighted by molar-refractivity contribution is -0.205. The number of ether oxygens (including phenoxy) is 2. The lowest BCUT2D eigenvalue weighted by atomic mass is 9.73. The smallest absolute Gasteiger partial charge is 0.212 e. The lowest BCUT2D eigenvalue weighted by Crippen LogP contribution is -2.68. The van der Waals surface area contributed by atoms with Crippen LogP contribution in [0.5, 0.6) is 0 Å². The number of ketones is 3. The molecule has 1 heterocycles. The molecule has 1 unspecified atom stereocenters. The van der Waals surface area contributed by atoms with Gasteiger partial charge in [-0.05, 0) is 20.8 Å². The van der Waals surface area contributed by atoms with Crippen molar-refractivity contribution < 1.29 is 39.2 Å². The Bertz CT molecular complexity index is 447. The van der Waals surface area contributed by atoms with Gasteiger partial charge in [-0.1, -0.05) is 0 Å². The molecule has 20 heavy (non-hydrogen) atoms. The van der Waals surface area contributed by atoms with Crippen molar-refractivity contribution in [3.63, 3.8) is 0 Å². The van der Waals surface area contributed by atoms with Crippen LogP contribution in [0.1, 0.15) is 20.8 Å². The highest BCUT2D eigenvalue weighted by atomic mass is 16.7. The molecule has 0 bridgehead atoms. The predicted molar refractivity (Wildman–Crippen MR) is 63.6 cm³/mol. The third-order valence-electron chi connectivity index (χ3n) is 3.59. The maximum Gasteiger partial charge on any atom is 0.212 e. The van der Waals surface area contributed by atoms with Crippen LogP contribution < -0.4 is 0 Å². The summed E-state index contributed by atoms with van der Waals surface area (Å²) in [4.78, 5) is 34.7. The van der Waals surface area contributed by atoms with E-state index in [1.807, 2.05) is 0 Å². The van der Waals surface area contributed by atoms with Crippen LogP contribution in [0.2, 0.25) is 0 Å². The molecule has 1 saturated heterocycles. The predicted octanol–water partition coefficient (Wildman–Crippen LogP) is -2.05. The largest absolute Gasteiger partial charge is 0.382 e. The molecule has 0 spiro atoms. The van der Waals surface area contributed by atoms with E-state index in [1.165, 1.54) is 0 Å². The van der Waals surface area contributed by atoms with Gasteiger partial charge in [-0.2, -0.15) is 0 Å². The second-order valence-corrected chi connectivity index (χ2v) is 4.82. The number of carbonyl (C=O) groups excluding carboxylic acids is 3. The summed E-state index contributed by atoms with van der Waals surface area (Å²) in [5.41, 5.74) is -5.50. The van der Waals surface area contributed by atoms with Crippen molar-refractivity contribution >= 4 is 17.3 Å². The Morgan fingerprint density at radius 1 is 1.10 bits per heavy atom. The Kier molecular flexibility index (Phi) is 4.47. The highest BCUT2D eigenvalue weighted by molar-refractivity contribution is 5.99. The normalized spacial score (nSPS) is 38.5. The van der Waals surface area contributed by atoms with E-state index in [0.717, 1.165) is 27.9 Å². The fraction of sp³-hybridized carbons (Fsp3) is 0.750. The third kappa shape index (κ3) is 2.00. The summed E-state index contributed by atoms with van der Waals surface area (Å²) in [7, 11) is 1.08. The molecule has 0 amide bonds. The van der Waals surface area contributed by atoms with Gasteiger partial charge >= 0.3 is 0 Å². The zero-order chi connectivity index (χ0) is 15.9. The highest BCUT2D eigenvalue weighted by Crippen LogP contribution is 2.43. The lowest BCUT2D eigenvalue weighted by Gasteiger charge is -2.37. The van der Waals surface area contributed by atoms with Gasteiger partial charge in [-0.15, -0.1) is 0 Å². The fourth-order valence-electron chi connectivity index (χ4n) is 2.37. The van der Waals surface area contributed by atoms with Crippen LogP contribution in [0, 0.1) is 0 Å². The number of methoxy groups -OCH3 is 1. The van der Waals surface area contributed by atoms with Gasteiger partial charge in [0.25, 0.3) is 0 Å². The summed E-state index contributed by atoms with van der Waals surface area (Å²) in [5, 5.41) is 30.7. The van der Waals surface area contributed by atoms with Gasteiger partial charge in [0, 0.05) is 7.11 Å². The number of carbonyl (C=O) groups is 3. The molecule has 114 valence electrons. The minimum atomic E-state index is -2.79. The van der Waals surface area contributed by atoms with E-state index in [1.54, 1.807) is 0 Å². The van der Waals surface area contributed by atoms with E-state index >= 15 is 0 Å². The number of hydrogen-bond donors (Lipinski definition) is 3. The van der Waals surface area contributed by atoms with Gasteiger partial charge in [-0.3, -0.25) is 14.4 Å². The van der Waals surface area contributed by atoms with E-state index in [9.17, 15) is 29.7 Å². The summed E-state index contributed by atoms with van der Waals surface area (Å²) >= 11 is 0. The van der Waals surface area contributed by atoms with E-state index in [4.69, 9.17) is 9.47 Å². The second kappa shape index (κ2) is 5.30. The SMILES string of the molecule is CO[C@@H]1O[C@H](C(O)C(C)=O)[C@](O)(C(C)=O)[C@]1(O)C(C)=O. The molecule has 8 nitrogen and oxygen atoms in total. The average molecular weight is 290 g/mol. The third-order valence-corrected chi connectivity index (χ3v) is 3.59. The molecule has 3 N–H and O–H groups in total. The van der Waals surface area contributed by atoms with Crippen molar-refractivity contribution in [3.8, 4) is 0 Å². The topological polar surface area (TPSA) is 130 Å². The number of aliphatic hydroxyl groups excluding tert-OH is 1. The molecular formula is C12H18O8. The second-order valence-electron chi connectivity index (χ2n) is 4.82. The Labute approximate surface area is 115 Å². The highest BCUT2D eigenvalue weighted by Gasteiger charge is 2.73. The first-order valence-electron chi connectivity index (χ1n) is 5.88. The van der Waals surface area contributed by atoms with Crippen LogP contribution in [-0.4, -0.2) is 69.5 Å². The van der Waals surface area contributed by atoms with Crippen molar-refractivity contribution in [1.82, 2.24) is 0 Å². The van der Waals surface area contributed by atoms with Crippen molar-refractivity contribution in [3.05, 3.63) is 0 Å². The van der Waals surface area contributed by atoms with E-state index < -0.39 is 47.0 Å². The summed E-state index contributed by atoms with van der Waals surface area (Å²) in [5.74, 6) is -2.81. The van der Waals surface area contributed by atoms with E-state index in [0.29, 0.717) is 0 Å². The molecule has 0 aliphatic carbocycles. The molecule has 1 rings (SSSR count). The summed E-state index contributed by atoms with van der Waals surface area (Å²) < 4.78 is 9.82. The van der Waals surface area contributed by atoms with Crippen LogP contribution in [0.4, 0.5) is 0 Å². The first kappa shape index (κ1) is 16.9. The van der Waals surface area contributed by atoms with Crippen molar-refractivity contribution in [2.24, 2.45) is 0 Å². The van der Waals surface area contributed by atoms with Crippen molar-refractivity contribution in [2.75, 3.05) is 7.11 Å². The van der Waals surface area contributed by atoms with Crippen molar-refractivity contribution in [1.29, 1.82) is 0 Å². The molecule has 1 aliphatic heterocycles. The molecule has 0 aromatic heterocycles. The standard InChI is InChI=1S/C12H18O8/c1-5(13)8(16)9-11(17,6(2)14)12(18,7(3)15)10(19-4)20-9/h8-10,16-18H,1-4H3/t8?,9-,10-,11-,12+/m1/s1. The maximum atomic E-state index is 11.8. The van der Waals surface area contributed by atoms with Crippen molar-refractivity contribution in [2.45, 2.75) is 50.5 Å². The van der Waals surface area contributed by atoms with E-state index in [2.05, 4.69) is 0 Å². The zero-order valence-corrected chi connectivity index (χ0v) is 11.6. The van der Waals surface area contributed by atoms with Gasteiger partial charge in [0.1, 0.15) is 12.2 Å². The molecule has 0 aromatic carbocycles. The average Bonchev–Trinajstić information content (AvgIpc) is 2.60. The fourth-order valence-corrected chi connectivity index (χ4v) is 2.37. The van der Waals surface area contributed by atoms with Gasteiger partial charge in [0.15, 0.2) is 29.2 Å². The monoisotopic (exact) mass is 290 g/mol. The molecule has 0 aromatic rings. The van der Waals surface area contributed by atoms with E-state index in [-0.39, 0.29) is 0 Å². The Balaban J connectivity index is 3.48. The number of aliphatic hydroxyl groups is 3. The first-order valence-corrected chi connectivity index (χ1v) is 5.88. The Hall–Kier alpha value is -1.19. The summed E-state index contributed by atoms with van der Waals surface area (Å²) in [6.45, 7) is 2.86. The number of rotatable bonds is 5. The quantitative estimate of drug-likeness (QED) is 0.527. The zero-order valence-electron chi connectivity index (χ0n) is 11.6. The van der Waals surface area contributed by atoms with Gasteiger partial charge in [-0.25, -0.2) is 0 Å². The van der Waals surface area contributed by atoms with Gasteiger partial charge in [0.2, 0.25) is 5.60 Å². The number of Topliss-reactive ketones (excluding diaryl/α,β-unsaturated/α-hetero) is 3. The molecule has 1 aliphatic rings. The minimum absolute atomic E-state index is 0.794. The minimum Gasteiger partial charge on any atom is -0.382 e. The molecule has 0 radical (unpaired) electrons. The van der Waals surface area contributed by atoms with Crippen LogP contribution in [0.25, 0.3) is 0 Å². The molecular weight excluding hydrogens is 272 g/mol. The van der Waals surface area contributed by atoms with Crippen LogP contribution in [0.3, 0.4) is 0 Å². The Morgan fingerprint density at radius 2 is 1.55 bits per heavy atom.